The van der Waals surface area contributed by atoms with E-state index >= 15 is 0 Å². The van der Waals surface area contributed by atoms with Crippen molar-refractivity contribution in [3.63, 3.8) is 0 Å². The van der Waals surface area contributed by atoms with E-state index in [0.29, 0.717) is 5.56 Å². The molecule has 5 nitrogen and oxygen atoms in total. The number of esters is 1. The Balaban J connectivity index is 0.000000366. The van der Waals surface area contributed by atoms with E-state index in [1.165, 1.54) is 31.4 Å². The number of ether oxygens (including phenoxy) is 1. The summed E-state index contributed by atoms with van der Waals surface area (Å²) in [6, 6.07) is 5.53. The fourth-order valence-corrected chi connectivity index (χ4v) is 0.709. The number of hydrogen-bond acceptors (Lipinski definition) is 4. The quantitative estimate of drug-likeness (QED) is 0.471. The van der Waals surface area contributed by atoms with Crippen LogP contribution in [0.3, 0.4) is 0 Å². The van der Waals surface area contributed by atoms with Crippen LogP contribution >= 0.6 is 23.2 Å². The number of methoxy groups -OCH3 is 1. The van der Waals surface area contributed by atoms with Gasteiger partial charge in [-0.3, -0.25) is 14.7 Å². The molecule has 0 fully saturated rings. The van der Waals surface area contributed by atoms with Crippen LogP contribution in [0.4, 0.5) is 0 Å². The van der Waals surface area contributed by atoms with Crippen LogP contribution in [-0.4, -0.2) is 23.6 Å². The maximum absolute atomic E-state index is 10.8. The topological polar surface area (TPSA) is 80.3 Å². The Hall–Kier alpha value is -1.59. The Morgan fingerprint density at radius 2 is 1.41 bits per heavy atom. The molecule has 7 heteroatoms. The molecule has 0 atom stereocenters. The van der Waals surface area contributed by atoms with Gasteiger partial charge in [0.05, 0.1) is 12.7 Å². The predicted molar refractivity (Wildman–Crippen MR) is 59.6 cm³/mol. The summed E-state index contributed by atoms with van der Waals surface area (Å²) in [5.74, 6) is -0.539. The second-order valence-corrected chi connectivity index (χ2v) is 3.25. The van der Waals surface area contributed by atoms with Gasteiger partial charge in [-0.1, -0.05) is 0 Å². The highest BCUT2D eigenvalue weighted by Crippen LogP contribution is 2.10. The minimum Gasteiger partial charge on any atom is -0.465 e. The highest BCUT2D eigenvalue weighted by Gasteiger charge is 2.03. The third-order valence-corrected chi connectivity index (χ3v) is 1.87. The maximum Gasteiger partial charge on any atom is 0.337 e. The van der Waals surface area contributed by atoms with E-state index in [-0.39, 0.29) is 5.75 Å². The molecule has 0 heterocycles. The first kappa shape index (κ1) is 15.4. The van der Waals surface area contributed by atoms with Crippen molar-refractivity contribution in [1.82, 2.24) is 0 Å². The van der Waals surface area contributed by atoms with E-state index in [2.05, 4.69) is 27.9 Å². The molecule has 0 aliphatic rings. The third-order valence-electron chi connectivity index (χ3n) is 1.43. The zero-order chi connectivity index (χ0) is 13.4. The van der Waals surface area contributed by atoms with Crippen LogP contribution in [0, 0.1) is 0 Å². The van der Waals surface area contributed by atoms with Crippen LogP contribution in [-0.2, 0) is 19.4 Å². The maximum atomic E-state index is 10.8. The summed E-state index contributed by atoms with van der Waals surface area (Å²) in [5.41, 5.74) is 0.395. The van der Waals surface area contributed by atoms with Crippen molar-refractivity contribution in [2.24, 2.45) is 0 Å². The lowest BCUT2D eigenvalue weighted by molar-refractivity contribution is -0.127. The molecule has 1 aromatic carbocycles. The van der Waals surface area contributed by atoms with Crippen molar-refractivity contribution < 1.29 is 24.2 Å². The first-order chi connectivity index (χ1) is 7.88. The summed E-state index contributed by atoms with van der Waals surface area (Å²) in [6.07, 6.45) is 0. The summed E-state index contributed by atoms with van der Waals surface area (Å²) in [6.45, 7) is 0. The summed E-state index contributed by atoms with van der Waals surface area (Å²) >= 11 is 8.98. The summed E-state index contributed by atoms with van der Waals surface area (Å²) < 4.78 is 4.44. The predicted octanol–water partition coefficient (Wildman–Crippen LogP) is 2.13. The molecule has 0 saturated heterocycles. The fourth-order valence-electron chi connectivity index (χ4n) is 0.709. The van der Waals surface area contributed by atoms with Gasteiger partial charge >= 0.3 is 16.5 Å². The van der Waals surface area contributed by atoms with Crippen molar-refractivity contribution in [1.29, 1.82) is 0 Å². The molecule has 1 rings (SSSR count). The lowest BCUT2D eigenvalue weighted by Crippen LogP contribution is -1.99. The van der Waals surface area contributed by atoms with E-state index in [9.17, 15) is 19.5 Å². The van der Waals surface area contributed by atoms with Gasteiger partial charge in [0, 0.05) is 0 Å². The van der Waals surface area contributed by atoms with Crippen molar-refractivity contribution in [3.05, 3.63) is 29.8 Å². The standard InChI is InChI=1S/C8H7O3.C2Cl2O2/c1-11-8(10)6-2-4-7(9)5-3-6;3-1(5)2(4)6/h2-5H,1H3;. The molecule has 0 aliphatic carbocycles. The monoisotopic (exact) mass is 277 g/mol. The lowest BCUT2D eigenvalue weighted by atomic mass is 10.2. The number of carbonyl (C=O) groups is 3. The van der Waals surface area contributed by atoms with Gasteiger partial charge in [-0.05, 0) is 47.5 Å². The molecule has 0 N–H and O–H groups in total. The number of halogens is 2. The largest absolute Gasteiger partial charge is 0.465 e. The van der Waals surface area contributed by atoms with E-state index in [1.807, 2.05) is 0 Å². The number of hydrogen-bond donors (Lipinski definition) is 0. The van der Waals surface area contributed by atoms with Gasteiger partial charge in [-0.15, -0.1) is 0 Å². The van der Waals surface area contributed by atoms with Gasteiger partial charge in [0.15, 0.2) is 5.75 Å². The van der Waals surface area contributed by atoms with Gasteiger partial charge in [0.1, 0.15) is 0 Å². The van der Waals surface area contributed by atoms with Crippen LogP contribution in [0.2, 0.25) is 0 Å². The van der Waals surface area contributed by atoms with E-state index < -0.39 is 16.5 Å². The molecule has 0 aliphatic heterocycles. The Kier molecular flexibility index (Phi) is 6.93. The molecular formula is C10H7Cl2O5. The fraction of sp³-hybridized carbons (Fsp3) is 0.100. The summed E-state index contributed by atoms with van der Waals surface area (Å²) in [7, 11) is 1.30. The van der Waals surface area contributed by atoms with E-state index in [1.54, 1.807) is 0 Å². The molecule has 91 valence electrons. The molecule has 0 aromatic heterocycles. The summed E-state index contributed by atoms with van der Waals surface area (Å²) in [5, 5.41) is 8.30. The molecule has 0 spiro atoms. The van der Waals surface area contributed by atoms with Crippen molar-refractivity contribution >= 4 is 39.7 Å². The minimum absolute atomic E-state index is 0.113. The van der Waals surface area contributed by atoms with Crippen LogP contribution in [0.5, 0.6) is 5.75 Å². The average molecular weight is 278 g/mol. The highest BCUT2D eigenvalue weighted by molar-refractivity contribution is 6.97. The Morgan fingerprint density at radius 3 is 1.71 bits per heavy atom. The van der Waals surface area contributed by atoms with Gasteiger partial charge in [-0.25, -0.2) is 4.79 Å². The Labute approximate surface area is 107 Å². The van der Waals surface area contributed by atoms with Crippen molar-refractivity contribution in [3.8, 4) is 5.75 Å². The zero-order valence-electron chi connectivity index (χ0n) is 8.61. The molecule has 0 bridgehead atoms. The van der Waals surface area contributed by atoms with Crippen LogP contribution in [0.1, 0.15) is 10.4 Å². The Morgan fingerprint density at radius 1 is 1.00 bits per heavy atom. The molecule has 1 radical (unpaired) electrons. The minimum atomic E-state index is -1.14. The molecule has 0 unspecified atom stereocenters. The average Bonchev–Trinajstić information content (AvgIpc) is 2.29. The first-order valence-electron chi connectivity index (χ1n) is 4.13. The smallest absolute Gasteiger partial charge is 0.337 e. The van der Waals surface area contributed by atoms with Gasteiger partial charge in [0.25, 0.3) is 0 Å². The molecule has 17 heavy (non-hydrogen) atoms. The molecule has 0 amide bonds. The number of benzene rings is 1. The lowest BCUT2D eigenvalue weighted by Gasteiger charge is -1.96. The normalized spacial score (nSPS) is 8.65. The SMILES string of the molecule is COC(=O)c1ccc([O])cc1.O=C(Cl)C(=O)Cl. The van der Waals surface area contributed by atoms with Crippen LogP contribution < -0.4 is 0 Å². The van der Waals surface area contributed by atoms with Crippen molar-refractivity contribution in [2.75, 3.05) is 7.11 Å². The van der Waals surface area contributed by atoms with E-state index in [0.717, 1.165) is 0 Å². The van der Waals surface area contributed by atoms with Crippen molar-refractivity contribution in [2.45, 2.75) is 0 Å². The molecule has 1 aromatic rings. The second kappa shape index (κ2) is 7.65. The molecule has 0 saturated carbocycles. The molecular weight excluding hydrogens is 271 g/mol. The van der Waals surface area contributed by atoms with Gasteiger partial charge < -0.3 is 4.74 Å². The number of carbonyl (C=O) groups excluding carboxylic acids is 3. The van der Waals surface area contributed by atoms with Gasteiger partial charge in [0.2, 0.25) is 0 Å². The van der Waals surface area contributed by atoms with Crippen LogP contribution in [0.15, 0.2) is 24.3 Å². The number of rotatable bonds is 2. The second-order valence-electron chi connectivity index (χ2n) is 2.56. The highest BCUT2D eigenvalue weighted by atomic mass is 35.5. The Bertz CT molecular complexity index is 401. The first-order valence-corrected chi connectivity index (χ1v) is 4.88. The van der Waals surface area contributed by atoms with Crippen LogP contribution in [0.25, 0.3) is 0 Å². The zero-order valence-corrected chi connectivity index (χ0v) is 10.1. The van der Waals surface area contributed by atoms with Gasteiger partial charge in [-0.2, -0.15) is 0 Å². The summed E-state index contributed by atoms with van der Waals surface area (Å²) in [4.78, 5) is 29.7. The third kappa shape index (κ3) is 6.55. The van der Waals surface area contributed by atoms with E-state index in [4.69, 9.17) is 0 Å².